The van der Waals surface area contributed by atoms with E-state index in [1.807, 2.05) is 0 Å². The van der Waals surface area contributed by atoms with Gasteiger partial charge in [-0.15, -0.1) is 0 Å². The zero-order chi connectivity index (χ0) is 10.7. The van der Waals surface area contributed by atoms with Crippen LogP contribution in [0.4, 0.5) is 0 Å². The van der Waals surface area contributed by atoms with Crippen LogP contribution in [0, 0.1) is 0 Å². The summed E-state index contributed by atoms with van der Waals surface area (Å²) in [5.41, 5.74) is 1.49. The van der Waals surface area contributed by atoms with Gasteiger partial charge in [0.15, 0.2) is 11.6 Å². The van der Waals surface area contributed by atoms with Crippen LogP contribution in [0.2, 0.25) is 0 Å². The first kappa shape index (κ1) is 9.79. The van der Waals surface area contributed by atoms with Gasteiger partial charge in [0.2, 0.25) is 0 Å². The first-order valence-corrected chi connectivity index (χ1v) is 4.75. The number of aromatic nitrogens is 3. The molecule has 2 heterocycles. The number of Topliss-reactive ketones (excluding diaryl/α,β-unsaturated/α-hetero) is 1. The summed E-state index contributed by atoms with van der Waals surface area (Å²) in [4.78, 5) is 22.5. The van der Waals surface area contributed by atoms with E-state index in [0.29, 0.717) is 18.7 Å². The molecular weight excluding hydrogens is 194 g/mol. The van der Waals surface area contributed by atoms with E-state index in [9.17, 15) is 4.79 Å². The summed E-state index contributed by atoms with van der Waals surface area (Å²) in [6, 6.07) is 1.74. The number of pyridine rings is 1. The Labute approximate surface area is 86.2 Å². The van der Waals surface area contributed by atoms with Gasteiger partial charge in [-0.1, -0.05) is 0 Å². The molecule has 0 fully saturated rings. The zero-order valence-corrected chi connectivity index (χ0v) is 8.10. The number of hydrogen-bond donors (Lipinski definition) is 2. The topological polar surface area (TPSA) is 78.9 Å². The fourth-order valence-electron chi connectivity index (χ4n) is 1.35. The maximum absolute atomic E-state index is 11.5. The third-order valence-electron chi connectivity index (χ3n) is 2.11. The number of carbonyl (C=O) groups is 1. The van der Waals surface area contributed by atoms with Crippen molar-refractivity contribution in [1.82, 2.24) is 15.0 Å². The molecule has 0 radical (unpaired) electrons. The van der Waals surface area contributed by atoms with Gasteiger partial charge >= 0.3 is 0 Å². The van der Waals surface area contributed by atoms with Crippen molar-refractivity contribution in [2.75, 3.05) is 6.61 Å². The van der Waals surface area contributed by atoms with Gasteiger partial charge in [-0.3, -0.25) is 9.78 Å². The minimum absolute atomic E-state index is 0.0214. The molecule has 0 unspecified atom stereocenters. The number of H-pyrrole nitrogens is 1. The summed E-state index contributed by atoms with van der Waals surface area (Å²) in [6.07, 6.45) is 4.04. The van der Waals surface area contributed by atoms with E-state index in [1.54, 1.807) is 18.5 Å². The number of carbonyl (C=O) groups excluding carboxylic acids is 1. The summed E-state index contributed by atoms with van der Waals surface area (Å²) >= 11 is 0. The van der Waals surface area contributed by atoms with Crippen LogP contribution in [0.25, 0.3) is 11.0 Å². The van der Waals surface area contributed by atoms with Crippen LogP contribution in [-0.2, 0) is 0 Å². The second-order valence-electron chi connectivity index (χ2n) is 3.23. The number of aromatic amines is 1. The summed E-state index contributed by atoms with van der Waals surface area (Å²) in [6.45, 7) is 0.0214. The minimum atomic E-state index is -0.0831. The van der Waals surface area contributed by atoms with Gasteiger partial charge in [0.05, 0.1) is 17.2 Å². The second kappa shape index (κ2) is 4.18. The second-order valence-corrected chi connectivity index (χ2v) is 3.23. The predicted molar refractivity (Wildman–Crippen MR) is 54.5 cm³/mol. The smallest absolute Gasteiger partial charge is 0.198 e. The lowest BCUT2D eigenvalue weighted by Crippen LogP contribution is -2.02. The molecule has 0 amide bonds. The van der Waals surface area contributed by atoms with Gasteiger partial charge in [0.25, 0.3) is 0 Å². The fourth-order valence-corrected chi connectivity index (χ4v) is 1.35. The summed E-state index contributed by atoms with van der Waals surface area (Å²) in [5.74, 6) is 0.256. The molecule has 0 saturated carbocycles. The molecule has 78 valence electrons. The molecule has 5 nitrogen and oxygen atoms in total. The first-order valence-electron chi connectivity index (χ1n) is 4.75. The van der Waals surface area contributed by atoms with Crippen molar-refractivity contribution < 1.29 is 9.90 Å². The largest absolute Gasteiger partial charge is 0.396 e. The maximum atomic E-state index is 11.5. The van der Waals surface area contributed by atoms with Gasteiger partial charge in [0, 0.05) is 19.2 Å². The molecular formula is C10H11N3O2. The van der Waals surface area contributed by atoms with E-state index < -0.39 is 0 Å². The highest BCUT2D eigenvalue weighted by Gasteiger charge is 2.10. The average Bonchev–Trinajstić information content (AvgIpc) is 2.69. The summed E-state index contributed by atoms with van der Waals surface area (Å²) < 4.78 is 0. The summed E-state index contributed by atoms with van der Waals surface area (Å²) in [5, 5.41) is 8.61. The van der Waals surface area contributed by atoms with Crippen molar-refractivity contribution in [3.8, 4) is 0 Å². The standard InChI is InChI=1S/C10H11N3O2/c14-5-1-2-9(15)10-12-7-3-4-11-6-8(7)13-10/h3-4,6,14H,1-2,5H2,(H,12,13). The number of nitrogens with one attached hydrogen (secondary N) is 1. The number of rotatable bonds is 4. The molecule has 2 rings (SSSR count). The lowest BCUT2D eigenvalue weighted by molar-refractivity contribution is 0.0962. The normalized spacial score (nSPS) is 10.7. The number of ketones is 1. The van der Waals surface area contributed by atoms with Gasteiger partial charge in [-0.25, -0.2) is 4.98 Å². The molecule has 0 aromatic carbocycles. The highest BCUT2D eigenvalue weighted by molar-refractivity contribution is 5.95. The number of nitrogens with zero attached hydrogens (tertiary/aromatic N) is 2. The number of hydrogen-bond acceptors (Lipinski definition) is 4. The van der Waals surface area contributed by atoms with E-state index in [0.717, 1.165) is 11.0 Å². The van der Waals surface area contributed by atoms with E-state index in [2.05, 4.69) is 15.0 Å². The van der Waals surface area contributed by atoms with E-state index >= 15 is 0 Å². The van der Waals surface area contributed by atoms with E-state index in [-0.39, 0.29) is 12.4 Å². The van der Waals surface area contributed by atoms with Gasteiger partial charge in [-0.05, 0) is 12.5 Å². The molecule has 0 bridgehead atoms. The molecule has 0 spiro atoms. The Morgan fingerprint density at radius 1 is 1.53 bits per heavy atom. The van der Waals surface area contributed by atoms with Crippen molar-refractivity contribution in [2.24, 2.45) is 0 Å². The highest BCUT2D eigenvalue weighted by atomic mass is 16.3. The van der Waals surface area contributed by atoms with Crippen LogP contribution < -0.4 is 0 Å². The van der Waals surface area contributed by atoms with Crippen LogP contribution in [0.3, 0.4) is 0 Å². The fraction of sp³-hybridized carbons (Fsp3) is 0.300. The molecule has 2 N–H and O–H groups in total. The Morgan fingerprint density at radius 3 is 3.13 bits per heavy atom. The van der Waals surface area contributed by atoms with Crippen LogP contribution in [0.15, 0.2) is 18.5 Å². The number of aliphatic hydroxyl groups excluding tert-OH is 1. The highest BCUT2D eigenvalue weighted by Crippen LogP contribution is 2.10. The quantitative estimate of drug-likeness (QED) is 0.727. The van der Waals surface area contributed by atoms with Crippen molar-refractivity contribution in [3.63, 3.8) is 0 Å². The minimum Gasteiger partial charge on any atom is -0.396 e. The molecule has 15 heavy (non-hydrogen) atoms. The molecule has 0 saturated heterocycles. The van der Waals surface area contributed by atoms with E-state index in [4.69, 9.17) is 5.11 Å². The third kappa shape index (κ3) is 2.02. The molecule has 0 aliphatic heterocycles. The zero-order valence-electron chi connectivity index (χ0n) is 8.10. The first-order chi connectivity index (χ1) is 7.31. The van der Waals surface area contributed by atoms with Crippen LogP contribution in [0.5, 0.6) is 0 Å². The monoisotopic (exact) mass is 205 g/mol. The summed E-state index contributed by atoms with van der Waals surface area (Å²) in [7, 11) is 0. The van der Waals surface area contributed by atoms with Gasteiger partial charge < -0.3 is 10.1 Å². The SMILES string of the molecule is O=C(CCCO)c1nc2ccncc2[nH]1. The Hall–Kier alpha value is -1.75. The van der Waals surface area contributed by atoms with Crippen LogP contribution in [0.1, 0.15) is 23.5 Å². The Bertz CT molecular complexity index is 445. The van der Waals surface area contributed by atoms with Gasteiger partial charge in [0.1, 0.15) is 0 Å². The van der Waals surface area contributed by atoms with Crippen molar-refractivity contribution in [3.05, 3.63) is 24.3 Å². The molecule has 0 aliphatic rings. The molecule has 2 aromatic heterocycles. The predicted octanol–water partition coefficient (Wildman–Crippen LogP) is 0.913. The van der Waals surface area contributed by atoms with Crippen LogP contribution >= 0.6 is 0 Å². The van der Waals surface area contributed by atoms with Crippen molar-refractivity contribution in [1.29, 1.82) is 0 Å². The van der Waals surface area contributed by atoms with Crippen molar-refractivity contribution >= 4 is 16.8 Å². The lowest BCUT2D eigenvalue weighted by atomic mass is 10.2. The molecule has 0 aliphatic carbocycles. The average molecular weight is 205 g/mol. The molecule has 5 heteroatoms. The van der Waals surface area contributed by atoms with Crippen molar-refractivity contribution in [2.45, 2.75) is 12.8 Å². The number of imidazole rings is 1. The molecule has 2 aromatic rings. The van der Waals surface area contributed by atoms with E-state index in [1.165, 1.54) is 0 Å². The number of fused-ring (bicyclic) bond motifs is 1. The third-order valence-corrected chi connectivity index (χ3v) is 2.11. The maximum Gasteiger partial charge on any atom is 0.198 e. The Balaban J connectivity index is 2.25. The lowest BCUT2D eigenvalue weighted by Gasteiger charge is -1.93. The molecule has 0 atom stereocenters. The van der Waals surface area contributed by atoms with Crippen LogP contribution in [-0.4, -0.2) is 32.4 Å². The van der Waals surface area contributed by atoms with Gasteiger partial charge in [-0.2, -0.15) is 0 Å². The Kier molecular flexibility index (Phi) is 2.73. The Morgan fingerprint density at radius 2 is 2.40 bits per heavy atom. The number of aliphatic hydroxyl groups is 1.